The molecule has 1 aromatic heterocycles. The molecule has 2 aromatic carbocycles. The van der Waals surface area contributed by atoms with Gasteiger partial charge in [0.05, 0.1) is 12.5 Å². The van der Waals surface area contributed by atoms with E-state index in [2.05, 4.69) is 73.5 Å². The number of aryl methyl sites for hydroxylation is 2. The summed E-state index contributed by atoms with van der Waals surface area (Å²) in [6.07, 6.45) is 3.31. The van der Waals surface area contributed by atoms with E-state index in [4.69, 9.17) is 4.74 Å². The minimum atomic E-state index is -0.837. The van der Waals surface area contributed by atoms with Gasteiger partial charge < -0.3 is 15.2 Å². The van der Waals surface area contributed by atoms with E-state index in [0.717, 1.165) is 30.4 Å². The summed E-state index contributed by atoms with van der Waals surface area (Å²) in [4.78, 5) is 17.4. The zero-order chi connectivity index (χ0) is 24.7. The summed E-state index contributed by atoms with van der Waals surface area (Å²) in [5.74, 6) is 0.689. The molecule has 1 unspecified atom stereocenters. The summed E-state index contributed by atoms with van der Waals surface area (Å²) in [5, 5.41) is 14.0. The summed E-state index contributed by atoms with van der Waals surface area (Å²) in [6.45, 7) is 6.33. The summed E-state index contributed by atoms with van der Waals surface area (Å²) >= 11 is 0. The molecule has 182 valence electrons. The van der Waals surface area contributed by atoms with E-state index >= 15 is 0 Å². The Bertz CT molecular complexity index is 1240. The highest BCUT2D eigenvalue weighted by Crippen LogP contribution is 2.60. The minimum absolute atomic E-state index is 0.00352. The number of hydrogen-bond acceptors (Lipinski definition) is 4. The van der Waals surface area contributed by atoms with E-state index in [0.29, 0.717) is 5.88 Å². The molecule has 1 aliphatic heterocycles. The number of methoxy groups -OCH3 is 1. The molecule has 2 heterocycles. The van der Waals surface area contributed by atoms with Crippen molar-refractivity contribution in [1.82, 2.24) is 10.3 Å². The van der Waals surface area contributed by atoms with Crippen LogP contribution in [-0.4, -0.2) is 29.3 Å². The van der Waals surface area contributed by atoms with Gasteiger partial charge in [-0.2, -0.15) is 0 Å². The van der Waals surface area contributed by atoms with Gasteiger partial charge >= 0.3 is 0 Å². The molecule has 1 saturated heterocycles. The minimum Gasteiger partial charge on any atom is -0.481 e. The molecule has 5 heteroatoms. The Balaban J connectivity index is 1.60. The number of carbonyl (C=O) groups excluding carboxylic acids is 1. The van der Waals surface area contributed by atoms with E-state index in [-0.39, 0.29) is 23.7 Å². The van der Waals surface area contributed by atoms with Crippen LogP contribution in [0.15, 0.2) is 60.8 Å². The van der Waals surface area contributed by atoms with Crippen molar-refractivity contribution >= 4 is 5.91 Å². The predicted octanol–water partition coefficient (Wildman–Crippen LogP) is 5.50. The number of benzene rings is 2. The maximum atomic E-state index is 13.1. The van der Waals surface area contributed by atoms with Gasteiger partial charge in [0.25, 0.3) is 0 Å². The second kappa shape index (κ2) is 9.12. The fourth-order valence-corrected chi connectivity index (χ4v) is 6.67. The van der Waals surface area contributed by atoms with Crippen molar-refractivity contribution in [3.8, 4) is 17.0 Å². The third kappa shape index (κ3) is 3.82. The second-order valence-corrected chi connectivity index (χ2v) is 10.2. The highest BCUT2D eigenvalue weighted by atomic mass is 16.5. The number of aromatic nitrogens is 1. The van der Waals surface area contributed by atoms with Crippen molar-refractivity contribution in [2.45, 2.75) is 58.1 Å². The Kier molecular flexibility index (Phi) is 6.14. The number of nitrogens with zero attached hydrogens (tertiary/aromatic N) is 1. The average molecular weight is 471 g/mol. The van der Waals surface area contributed by atoms with Gasteiger partial charge in [-0.25, -0.2) is 4.98 Å². The fourth-order valence-electron chi connectivity index (χ4n) is 6.67. The van der Waals surface area contributed by atoms with Crippen molar-refractivity contribution in [1.29, 1.82) is 0 Å². The summed E-state index contributed by atoms with van der Waals surface area (Å²) in [6, 6.07) is 19.1. The third-order valence-electron chi connectivity index (χ3n) is 8.47. The number of rotatable bonds is 5. The molecule has 2 aliphatic rings. The van der Waals surface area contributed by atoms with Crippen LogP contribution in [-0.2, 0) is 4.79 Å². The van der Waals surface area contributed by atoms with Gasteiger partial charge in [0.1, 0.15) is 6.23 Å². The molecule has 35 heavy (non-hydrogen) atoms. The Labute approximate surface area is 207 Å². The number of ether oxygens (including phenoxy) is 1. The van der Waals surface area contributed by atoms with Crippen LogP contribution in [0.5, 0.6) is 5.88 Å². The number of carbonyl (C=O) groups is 1. The molecule has 0 spiro atoms. The van der Waals surface area contributed by atoms with Crippen LogP contribution in [0.4, 0.5) is 0 Å². The lowest BCUT2D eigenvalue weighted by Gasteiger charge is -2.47. The normalized spacial score (nSPS) is 27.9. The maximum absolute atomic E-state index is 13.1. The number of nitrogens with one attached hydrogen (secondary N) is 1. The molecule has 5 rings (SSSR count). The predicted molar refractivity (Wildman–Crippen MR) is 137 cm³/mol. The van der Waals surface area contributed by atoms with Gasteiger partial charge in [0.15, 0.2) is 0 Å². The number of amides is 1. The Hall–Kier alpha value is -3.18. The van der Waals surface area contributed by atoms with E-state index in [1.807, 2.05) is 12.1 Å². The summed E-state index contributed by atoms with van der Waals surface area (Å²) in [7, 11) is 1.64. The molecule has 3 aromatic rings. The number of pyridine rings is 1. The molecule has 1 amide bonds. The first-order valence-electron chi connectivity index (χ1n) is 12.5. The molecule has 1 saturated carbocycles. The van der Waals surface area contributed by atoms with Gasteiger partial charge in [-0.05, 0) is 79.3 Å². The van der Waals surface area contributed by atoms with Gasteiger partial charge in [-0.15, -0.1) is 0 Å². The standard InChI is InChI=1S/C30H34N2O3/c1-5-30-15-14-24(22-13-12-21(17-19(22)3)23-7-6-16-31-28(23)35-4)25(20-10-8-18(2)9-11-20)26(30)27(33)32-29(30)34/h6-13,16-17,24-27,33H,5,14-15H2,1-4H3,(H,32,34)/t24-,25-,26+,27?,30+/m0/s1. The topological polar surface area (TPSA) is 71.5 Å². The fraction of sp³-hybridized carbons (Fsp3) is 0.400. The van der Waals surface area contributed by atoms with Crippen molar-refractivity contribution < 1.29 is 14.6 Å². The lowest BCUT2D eigenvalue weighted by molar-refractivity contribution is -0.131. The summed E-state index contributed by atoms with van der Waals surface area (Å²) < 4.78 is 5.49. The van der Waals surface area contributed by atoms with Crippen LogP contribution >= 0.6 is 0 Å². The van der Waals surface area contributed by atoms with Gasteiger partial charge in [-0.3, -0.25) is 4.79 Å². The zero-order valence-corrected chi connectivity index (χ0v) is 20.9. The second-order valence-electron chi connectivity index (χ2n) is 10.2. The average Bonchev–Trinajstić information content (AvgIpc) is 3.14. The Morgan fingerprint density at radius 2 is 1.91 bits per heavy atom. The first kappa shape index (κ1) is 23.6. The van der Waals surface area contributed by atoms with E-state index in [1.165, 1.54) is 22.3 Å². The van der Waals surface area contributed by atoms with Crippen LogP contribution in [0.3, 0.4) is 0 Å². The molecule has 1 aliphatic carbocycles. The number of aliphatic hydroxyl groups excluding tert-OH is 1. The number of fused-ring (bicyclic) bond motifs is 1. The zero-order valence-electron chi connectivity index (χ0n) is 20.9. The molecule has 5 atom stereocenters. The largest absolute Gasteiger partial charge is 0.481 e. The van der Waals surface area contributed by atoms with Crippen molar-refractivity contribution in [2.75, 3.05) is 7.11 Å². The number of hydrogen-bond donors (Lipinski definition) is 2. The SMILES string of the molecule is CC[C@@]12CC[C@@H](c3ccc(-c4cccnc4OC)cc3C)[C@H](c3ccc(C)cc3)[C@@H]1C(O)NC2=O. The lowest BCUT2D eigenvalue weighted by atomic mass is 9.55. The Morgan fingerprint density at radius 3 is 2.60 bits per heavy atom. The highest BCUT2D eigenvalue weighted by Gasteiger charge is 2.60. The molecule has 0 bridgehead atoms. The van der Waals surface area contributed by atoms with E-state index in [1.54, 1.807) is 13.3 Å². The Morgan fingerprint density at radius 1 is 1.14 bits per heavy atom. The third-order valence-corrected chi connectivity index (χ3v) is 8.47. The molecule has 5 nitrogen and oxygen atoms in total. The number of aliphatic hydroxyl groups is 1. The quantitative estimate of drug-likeness (QED) is 0.517. The molecule has 0 radical (unpaired) electrons. The monoisotopic (exact) mass is 470 g/mol. The van der Waals surface area contributed by atoms with Gasteiger partial charge in [-0.1, -0.05) is 55.0 Å². The molecular formula is C30H34N2O3. The van der Waals surface area contributed by atoms with Crippen LogP contribution < -0.4 is 10.1 Å². The first-order valence-corrected chi connectivity index (χ1v) is 12.5. The van der Waals surface area contributed by atoms with Crippen molar-refractivity contribution in [3.63, 3.8) is 0 Å². The van der Waals surface area contributed by atoms with Crippen LogP contribution in [0, 0.1) is 25.2 Å². The summed E-state index contributed by atoms with van der Waals surface area (Å²) in [5.41, 5.74) is 6.38. The van der Waals surface area contributed by atoms with Crippen LogP contribution in [0.25, 0.3) is 11.1 Å². The smallest absolute Gasteiger partial charge is 0.228 e. The molecule has 2 N–H and O–H groups in total. The van der Waals surface area contributed by atoms with Gasteiger partial charge in [0, 0.05) is 17.7 Å². The van der Waals surface area contributed by atoms with E-state index < -0.39 is 11.6 Å². The molecular weight excluding hydrogens is 436 g/mol. The first-order chi connectivity index (χ1) is 16.9. The highest BCUT2D eigenvalue weighted by molar-refractivity contribution is 5.86. The van der Waals surface area contributed by atoms with Crippen LogP contribution in [0.1, 0.15) is 60.3 Å². The van der Waals surface area contributed by atoms with Crippen molar-refractivity contribution in [3.05, 3.63) is 83.0 Å². The van der Waals surface area contributed by atoms with E-state index in [9.17, 15) is 9.90 Å². The lowest BCUT2D eigenvalue weighted by Crippen LogP contribution is -2.44. The van der Waals surface area contributed by atoms with Gasteiger partial charge in [0.2, 0.25) is 11.8 Å². The maximum Gasteiger partial charge on any atom is 0.228 e. The molecule has 2 fully saturated rings. The van der Waals surface area contributed by atoms with Crippen molar-refractivity contribution in [2.24, 2.45) is 11.3 Å². The van der Waals surface area contributed by atoms with Crippen LogP contribution in [0.2, 0.25) is 0 Å².